The zero-order valence-electron chi connectivity index (χ0n) is 10.9. The van der Waals surface area contributed by atoms with Gasteiger partial charge in [0.25, 0.3) is 0 Å². The van der Waals surface area contributed by atoms with Crippen molar-refractivity contribution >= 4 is 5.91 Å². The zero-order valence-corrected chi connectivity index (χ0v) is 10.9. The lowest BCUT2D eigenvalue weighted by molar-refractivity contribution is -0.118. The predicted molar refractivity (Wildman–Crippen MR) is 69.7 cm³/mol. The third-order valence-corrected chi connectivity index (χ3v) is 2.52. The van der Waals surface area contributed by atoms with Crippen molar-refractivity contribution < 1.29 is 14.3 Å². The summed E-state index contributed by atoms with van der Waals surface area (Å²) in [5.74, 6) is 1.27. The Labute approximate surface area is 107 Å². The van der Waals surface area contributed by atoms with Crippen molar-refractivity contribution in [3.8, 4) is 11.5 Å². The van der Waals surface area contributed by atoms with Crippen molar-refractivity contribution in [2.24, 2.45) is 5.73 Å². The molecule has 1 amide bonds. The SMILES string of the molecule is COc1cc(CNCCCC(N)=O)cc(OC)c1. The maximum absolute atomic E-state index is 10.6. The van der Waals surface area contributed by atoms with Crippen LogP contribution in [0.1, 0.15) is 18.4 Å². The van der Waals surface area contributed by atoms with Crippen molar-refractivity contribution in [2.75, 3.05) is 20.8 Å². The predicted octanol–water partition coefficient (Wildman–Crippen LogP) is 1.06. The van der Waals surface area contributed by atoms with Crippen LogP contribution in [-0.2, 0) is 11.3 Å². The fourth-order valence-corrected chi connectivity index (χ4v) is 1.59. The quantitative estimate of drug-likeness (QED) is 0.678. The smallest absolute Gasteiger partial charge is 0.217 e. The van der Waals surface area contributed by atoms with E-state index in [4.69, 9.17) is 15.2 Å². The number of amides is 1. The molecule has 0 spiro atoms. The molecule has 0 atom stereocenters. The van der Waals surface area contributed by atoms with E-state index in [2.05, 4.69) is 5.32 Å². The van der Waals surface area contributed by atoms with Gasteiger partial charge >= 0.3 is 0 Å². The molecule has 1 aromatic rings. The van der Waals surface area contributed by atoms with Gasteiger partial charge in [-0.25, -0.2) is 0 Å². The Hall–Kier alpha value is -1.75. The lowest BCUT2D eigenvalue weighted by Crippen LogP contribution is -2.18. The van der Waals surface area contributed by atoms with Crippen LogP contribution in [0.3, 0.4) is 0 Å². The highest BCUT2D eigenvalue weighted by Gasteiger charge is 2.01. The van der Waals surface area contributed by atoms with E-state index >= 15 is 0 Å². The molecule has 0 heterocycles. The van der Waals surface area contributed by atoms with E-state index in [0.717, 1.165) is 30.0 Å². The molecule has 0 saturated heterocycles. The van der Waals surface area contributed by atoms with Crippen molar-refractivity contribution in [1.82, 2.24) is 5.32 Å². The van der Waals surface area contributed by atoms with Crippen molar-refractivity contribution in [2.45, 2.75) is 19.4 Å². The minimum absolute atomic E-state index is 0.264. The monoisotopic (exact) mass is 252 g/mol. The third kappa shape index (κ3) is 5.05. The number of benzene rings is 1. The first-order valence-corrected chi connectivity index (χ1v) is 5.86. The van der Waals surface area contributed by atoms with Gasteiger partial charge in [-0.15, -0.1) is 0 Å². The number of carbonyl (C=O) groups excluding carboxylic acids is 1. The standard InChI is InChI=1S/C13H20N2O3/c1-17-11-6-10(7-12(8-11)18-2)9-15-5-3-4-13(14)16/h6-8,15H,3-5,9H2,1-2H3,(H2,14,16). The fourth-order valence-electron chi connectivity index (χ4n) is 1.59. The van der Waals surface area contributed by atoms with Gasteiger partial charge in [0.2, 0.25) is 5.91 Å². The minimum atomic E-state index is -0.264. The molecule has 0 aromatic heterocycles. The van der Waals surface area contributed by atoms with Crippen LogP contribution in [0, 0.1) is 0 Å². The van der Waals surface area contributed by atoms with E-state index in [1.807, 2.05) is 18.2 Å². The largest absolute Gasteiger partial charge is 0.497 e. The second kappa shape index (κ2) is 7.55. The molecule has 0 bridgehead atoms. The Kier molecular flexibility index (Phi) is 6.00. The van der Waals surface area contributed by atoms with E-state index in [9.17, 15) is 4.79 Å². The lowest BCUT2D eigenvalue weighted by Gasteiger charge is -2.09. The summed E-state index contributed by atoms with van der Waals surface area (Å²) in [7, 11) is 3.25. The molecule has 0 unspecified atom stereocenters. The van der Waals surface area contributed by atoms with Crippen LogP contribution >= 0.6 is 0 Å². The van der Waals surface area contributed by atoms with Gasteiger partial charge in [-0.1, -0.05) is 0 Å². The zero-order chi connectivity index (χ0) is 13.4. The number of primary amides is 1. The molecule has 5 nitrogen and oxygen atoms in total. The van der Waals surface area contributed by atoms with E-state index < -0.39 is 0 Å². The first-order valence-electron chi connectivity index (χ1n) is 5.86. The van der Waals surface area contributed by atoms with E-state index in [1.54, 1.807) is 14.2 Å². The maximum Gasteiger partial charge on any atom is 0.217 e. The van der Waals surface area contributed by atoms with Crippen LogP contribution < -0.4 is 20.5 Å². The van der Waals surface area contributed by atoms with Gasteiger partial charge in [0.1, 0.15) is 11.5 Å². The van der Waals surface area contributed by atoms with E-state index in [-0.39, 0.29) is 5.91 Å². The Morgan fingerprint density at radius 2 is 1.83 bits per heavy atom. The number of carbonyl (C=O) groups is 1. The van der Waals surface area contributed by atoms with Crippen molar-refractivity contribution in [3.63, 3.8) is 0 Å². The summed E-state index contributed by atoms with van der Waals surface area (Å²) in [6.45, 7) is 1.45. The van der Waals surface area contributed by atoms with Gasteiger partial charge in [0.15, 0.2) is 0 Å². The summed E-state index contributed by atoms with van der Waals surface area (Å²) in [6.07, 6.45) is 1.16. The van der Waals surface area contributed by atoms with Crippen molar-refractivity contribution in [3.05, 3.63) is 23.8 Å². The average molecular weight is 252 g/mol. The Morgan fingerprint density at radius 1 is 1.22 bits per heavy atom. The molecule has 0 aliphatic carbocycles. The molecule has 0 saturated carbocycles. The first-order chi connectivity index (χ1) is 8.65. The highest BCUT2D eigenvalue weighted by molar-refractivity contribution is 5.73. The maximum atomic E-state index is 10.6. The summed E-state index contributed by atoms with van der Waals surface area (Å²) < 4.78 is 10.4. The average Bonchev–Trinajstić information content (AvgIpc) is 2.37. The van der Waals surface area contributed by atoms with E-state index in [0.29, 0.717) is 13.0 Å². The number of hydrogen-bond acceptors (Lipinski definition) is 4. The molecule has 0 aliphatic rings. The lowest BCUT2D eigenvalue weighted by atomic mass is 10.2. The van der Waals surface area contributed by atoms with Crippen molar-refractivity contribution in [1.29, 1.82) is 0 Å². The number of ether oxygens (including phenoxy) is 2. The normalized spacial score (nSPS) is 10.1. The van der Waals surface area contributed by atoms with Crippen LogP contribution in [0.5, 0.6) is 11.5 Å². The third-order valence-electron chi connectivity index (χ3n) is 2.52. The summed E-state index contributed by atoms with van der Waals surface area (Å²) >= 11 is 0. The minimum Gasteiger partial charge on any atom is -0.497 e. The van der Waals surface area contributed by atoms with Gasteiger partial charge in [-0.05, 0) is 30.7 Å². The second-order valence-electron chi connectivity index (χ2n) is 3.97. The molecule has 18 heavy (non-hydrogen) atoms. The van der Waals surface area contributed by atoms with Crippen LogP contribution in [0.25, 0.3) is 0 Å². The van der Waals surface area contributed by atoms with Crippen LogP contribution in [0.4, 0.5) is 0 Å². The van der Waals surface area contributed by atoms with Crippen LogP contribution in [0.2, 0.25) is 0 Å². The first kappa shape index (κ1) is 14.3. The van der Waals surface area contributed by atoms with Gasteiger partial charge in [0.05, 0.1) is 14.2 Å². The molecule has 0 aliphatic heterocycles. The molecule has 100 valence electrons. The van der Waals surface area contributed by atoms with Gasteiger partial charge in [-0.3, -0.25) is 4.79 Å². The molecular weight excluding hydrogens is 232 g/mol. The van der Waals surface area contributed by atoms with Crippen LogP contribution in [0.15, 0.2) is 18.2 Å². The molecule has 3 N–H and O–H groups in total. The summed E-state index contributed by atoms with van der Waals surface area (Å²) in [5.41, 5.74) is 6.14. The number of hydrogen-bond donors (Lipinski definition) is 2. The molecule has 1 rings (SSSR count). The molecule has 0 fully saturated rings. The second-order valence-corrected chi connectivity index (χ2v) is 3.97. The molecule has 1 aromatic carbocycles. The molecular formula is C13H20N2O3. The summed E-state index contributed by atoms with van der Waals surface area (Å²) in [4.78, 5) is 10.6. The number of methoxy groups -OCH3 is 2. The Bertz CT molecular complexity index is 372. The van der Waals surface area contributed by atoms with Crippen LogP contribution in [-0.4, -0.2) is 26.7 Å². The number of nitrogens with one attached hydrogen (secondary N) is 1. The van der Waals surface area contributed by atoms with Gasteiger partial charge in [-0.2, -0.15) is 0 Å². The summed E-state index contributed by atoms with van der Waals surface area (Å²) in [6, 6.07) is 5.73. The fraction of sp³-hybridized carbons (Fsp3) is 0.462. The van der Waals surface area contributed by atoms with Gasteiger partial charge in [0, 0.05) is 19.0 Å². The molecule has 5 heteroatoms. The molecule has 0 radical (unpaired) electrons. The Morgan fingerprint density at radius 3 is 2.33 bits per heavy atom. The Balaban J connectivity index is 2.43. The topological polar surface area (TPSA) is 73.6 Å². The highest BCUT2D eigenvalue weighted by Crippen LogP contribution is 2.22. The number of nitrogens with two attached hydrogens (primary N) is 1. The highest BCUT2D eigenvalue weighted by atomic mass is 16.5. The van der Waals surface area contributed by atoms with Gasteiger partial charge < -0.3 is 20.5 Å². The number of rotatable bonds is 8. The summed E-state index contributed by atoms with van der Waals surface area (Å²) in [5, 5.41) is 3.24. The van der Waals surface area contributed by atoms with E-state index in [1.165, 1.54) is 0 Å².